The molecule has 4 nitrogen and oxygen atoms in total. The highest BCUT2D eigenvalue weighted by Crippen LogP contribution is 2.24. The average Bonchev–Trinajstić information content (AvgIpc) is 2.16. The van der Waals surface area contributed by atoms with Crippen molar-refractivity contribution in [2.45, 2.75) is 0 Å². The van der Waals surface area contributed by atoms with Crippen LogP contribution in [0, 0.1) is 0 Å². The fourth-order valence-corrected chi connectivity index (χ4v) is 1.46. The molecule has 0 spiro atoms. The first kappa shape index (κ1) is 11.7. The summed E-state index contributed by atoms with van der Waals surface area (Å²) in [5, 5.41) is 9.16. The van der Waals surface area contributed by atoms with Gasteiger partial charge in [-0.05, 0) is 18.2 Å². The highest BCUT2D eigenvalue weighted by molar-refractivity contribution is 6.32. The molecule has 0 bridgehead atoms. The molecule has 0 radical (unpaired) electrons. The molecule has 1 rings (SSSR count). The topological polar surface area (TPSA) is 61.5 Å². The van der Waals surface area contributed by atoms with Crippen LogP contribution >= 0.6 is 11.6 Å². The number of hydrogen-bond acceptors (Lipinski definition) is 4. The predicted molar refractivity (Wildman–Crippen MR) is 62.7 cm³/mol. The molecule has 0 heterocycles. The molecule has 82 valence electrons. The number of nitrogens with two attached hydrogens (primary N) is 1. The number of nitrogens with zero attached hydrogens (tertiary/aromatic N) is 1. The minimum atomic E-state index is 0.490. The van der Waals surface area contributed by atoms with Crippen LogP contribution in [0.25, 0.3) is 5.70 Å². The van der Waals surface area contributed by atoms with Gasteiger partial charge in [0.15, 0.2) is 0 Å². The van der Waals surface area contributed by atoms with Crippen molar-refractivity contribution < 1.29 is 5.21 Å². The van der Waals surface area contributed by atoms with Crippen molar-refractivity contribution in [1.29, 1.82) is 0 Å². The van der Waals surface area contributed by atoms with Gasteiger partial charge in [0.25, 0.3) is 0 Å². The van der Waals surface area contributed by atoms with Crippen molar-refractivity contribution in [3.8, 4) is 0 Å². The lowest BCUT2D eigenvalue weighted by Crippen LogP contribution is -2.07. The molecule has 1 aromatic rings. The Morgan fingerprint density at radius 1 is 1.53 bits per heavy atom. The van der Waals surface area contributed by atoms with Crippen LogP contribution in [0.5, 0.6) is 0 Å². The van der Waals surface area contributed by atoms with Crippen molar-refractivity contribution in [1.82, 2.24) is 4.90 Å². The summed E-state index contributed by atoms with van der Waals surface area (Å²) in [6.07, 6.45) is 1.77. The fourth-order valence-electron chi connectivity index (χ4n) is 1.17. The van der Waals surface area contributed by atoms with Gasteiger partial charge in [-0.25, -0.2) is 0 Å². The van der Waals surface area contributed by atoms with Crippen LogP contribution in [-0.2, 0) is 0 Å². The Hall–Kier alpha value is -1.39. The second-order valence-electron chi connectivity index (χ2n) is 3.35. The molecule has 0 saturated carbocycles. The number of anilines is 1. The Labute approximate surface area is 93.9 Å². The molecule has 0 aromatic heterocycles. The van der Waals surface area contributed by atoms with Gasteiger partial charge in [-0.3, -0.25) is 10.7 Å². The summed E-state index contributed by atoms with van der Waals surface area (Å²) in [4.78, 5) is 1.84. The van der Waals surface area contributed by atoms with E-state index in [4.69, 9.17) is 22.5 Å². The van der Waals surface area contributed by atoms with Crippen LogP contribution in [0.15, 0.2) is 24.4 Å². The molecule has 15 heavy (non-hydrogen) atoms. The first-order valence-corrected chi connectivity index (χ1v) is 4.76. The third-order valence-electron chi connectivity index (χ3n) is 1.81. The minimum absolute atomic E-state index is 0.490. The summed E-state index contributed by atoms with van der Waals surface area (Å²) in [5.41, 5.74) is 9.71. The van der Waals surface area contributed by atoms with E-state index in [0.717, 1.165) is 5.56 Å². The van der Waals surface area contributed by atoms with E-state index in [1.807, 2.05) is 24.5 Å². The standard InChI is InChI=1S/C10H14ClN3O/c1-14(2)6-10(12)8-4-3-7(13-15)5-9(8)11/h3-6,13,15H,12H2,1-2H3/b10-6-. The first-order valence-electron chi connectivity index (χ1n) is 4.38. The first-order chi connectivity index (χ1) is 7.04. The Kier molecular flexibility index (Phi) is 3.82. The Balaban J connectivity index is 3.05. The van der Waals surface area contributed by atoms with Crippen LogP contribution in [0.1, 0.15) is 5.56 Å². The number of halogens is 1. The molecule has 0 aliphatic carbocycles. The molecule has 0 amide bonds. The van der Waals surface area contributed by atoms with Crippen molar-refractivity contribution in [3.05, 3.63) is 35.0 Å². The van der Waals surface area contributed by atoms with Crippen LogP contribution in [0.3, 0.4) is 0 Å². The lowest BCUT2D eigenvalue weighted by atomic mass is 10.1. The van der Waals surface area contributed by atoms with E-state index in [2.05, 4.69) is 0 Å². The Morgan fingerprint density at radius 2 is 2.20 bits per heavy atom. The molecule has 1 aromatic carbocycles. The maximum atomic E-state index is 8.67. The molecule has 0 atom stereocenters. The van der Waals surface area contributed by atoms with E-state index < -0.39 is 0 Å². The van der Waals surface area contributed by atoms with Crippen molar-refractivity contribution in [3.63, 3.8) is 0 Å². The highest BCUT2D eigenvalue weighted by atomic mass is 35.5. The SMILES string of the molecule is CN(C)/C=C(\N)c1ccc(NO)cc1Cl. The quantitative estimate of drug-likeness (QED) is 0.691. The number of benzene rings is 1. The summed E-state index contributed by atoms with van der Waals surface area (Å²) >= 11 is 6.00. The predicted octanol–water partition coefficient (Wildman–Crippen LogP) is 1.96. The van der Waals surface area contributed by atoms with Crippen molar-refractivity contribution in [2.75, 3.05) is 19.6 Å². The lowest BCUT2D eigenvalue weighted by molar-refractivity contribution is 0.389. The summed E-state index contributed by atoms with van der Waals surface area (Å²) in [6.45, 7) is 0. The maximum Gasteiger partial charge on any atom is 0.0617 e. The highest BCUT2D eigenvalue weighted by Gasteiger charge is 2.04. The van der Waals surface area contributed by atoms with Gasteiger partial charge in [-0.2, -0.15) is 0 Å². The van der Waals surface area contributed by atoms with Gasteiger partial charge in [-0.1, -0.05) is 11.6 Å². The molecule has 0 unspecified atom stereocenters. The zero-order valence-corrected chi connectivity index (χ0v) is 9.42. The Morgan fingerprint density at radius 3 is 2.67 bits per heavy atom. The zero-order chi connectivity index (χ0) is 11.4. The fraction of sp³-hybridized carbons (Fsp3) is 0.200. The smallest absolute Gasteiger partial charge is 0.0617 e. The van der Waals surface area contributed by atoms with Crippen LogP contribution in [0.4, 0.5) is 5.69 Å². The van der Waals surface area contributed by atoms with Crippen LogP contribution in [-0.4, -0.2) is 24.2 Å². The lowest BCUT2D eigenvalue weighted by Gasteiger charge is -2.10. The molecule has 4 N–H and O–H groups in total. The summed E-state index contributed by atoms with van der Waals surface area (Å²) in [5.74, 6) is 0. The average molecular weight is 228 g/mol. The number of nitrogens with one attached hydrogen (secondary N) is 1. The molecule has 5 heteroatoms. The molecule has 0 aliphatic heterocycles. The second kappa shape index (κ2) is 4.91. The monoisotopic (exact) mass is 227 g/mol. The second-order valence-corrected chi connectivity index (χ2v) is 3.76. The summed E-state index contributed by atoms with van der Waals surface area (Å²) in [7, 11) is 3.76. The normalized spacial score (nSPS) is 11.3. The zero-order valence-electron chi connectivity index (χ0n) is 8.66. The largest absolute Gasteiger partial charge is 0.397 e. The number of rotatable bonds is 3. The van der Waals surface area contributed by atoms with Crippen LogP contribution in [0.2, 0.25) is 5.02 Å². The van der Waals surface area contributed by atoms with Crippen LogP contribution < -0.4 is 11.2 Å². The summed E-state index contributed by atoms with van der Waals surface area (Å²) in [6, 6.07) is 5.04. The Bertz CT molecular complexity index is 377. The third-order valence-corrected chi connectivity index (χ3v) is 2.12. The van der Waals surface area contributed by atoms with Gasteiger partial charge in [0, 0.05) is 25.9 Å². The van der Waals surface area contributed by atoms with E-state index in [0.29, 0.717) is 16.4 Å². The van der Waals surface area contributed by atoms with Crippen molar-refractivity contribution in [2.24, 2.45) is 5.73 Å². The van der Waals surface area contributed by atoms with E-state index >= 15 is 0 Å². The number of hydrogen-bond donors (Lipinski definition) is 3. The molecular formula is C10H14ClN3O. The van der Waals surface area contributed by atoms with Gasteiger partial charge in [0.2, 0.25) is 0 Å². The molecule has 0 fully saturated rings. The summed E-state index contributed by atoms with van der Waals surface area (Å²) < 4.78 is 0. The van der Waals surface area contributed by atoms with Crippen molar-refractivity contribution >= 4 is 23.0 Å². The van der Waals surface area contributed by atoms with E-state index in [-0.39, 0.29) is 0 Å². The van der Waals surface area contributed by atoms with Gasteiger partial charge in [-0.15, -0.1) is 0 Å². The maximum absolute atomic E-state index is 8.67. The molecular weight excluding hydrogens is 214 g/mol. The van der Waals surface area contributed by atoms with E-state index in [1.165, 1.54) is 0 Å². The molecule has 0 aliphatic rings. The van der Waals surface area contributed by atoms with Gasteiger partial charge < -0.3 is 10.6 Å². The minimum Gasteiger partial charge on any atom is -0.397 e. The van der Waals surface area contributed by atoms with Gasteiger partial charge in [0.1, 0.15) is 0 Å². The van der Waals surface area contributed by atoms with Gasteiger partial charge in [0.05, 0.1) is 16.4 Å². The van der Waals surface area contributed by atoms with Gasteiger partial charge >= 0.3 is 0 Å². The molecule has 0 saturated heterocycles. The van der Waals surface area contributed by atoms with E-state index in [1.54, 1.807) is 24.4 Å². The van der Waals surface area contributed by atoms with E-state index in [9.17, 15) is 0 Å². The third kappa shape index (κ3) is 3.04.